The van der Waals surface area contributed by atoms with E-state index in [0.717, 1.165) is 29.4 Å². The van der Waals surface area contributed by atoms with Crippen molar-refractivity contribution in [2.75, 3.05) is 0 Å². The summed E-state index contributed by atoms with van der Waals surface area (Å²) >= 11 is 5.83. The third kappa shape index (κ3) is 1.80. The predicted molar refractivity (Wildman–Crippen MR) is 64.4 cm³/mol. The lowest BCUT2D eigenvalue weighted by Crippen LogP contribution is -2.25. The SMILES string of the molecule is CC1CC(Cn2cc3ccc(Cl)nc3n2)C1. The first-order valence-electron chi connectivity index (χ1n) is 5.70. The first kappa shape index (κ1) is 10.1. The average Bonchev–Trinajstić information content (AvgIpc) is 2.57. The summed E-state index contributed by atoms with van der Waals surface area (Å²) in [6, 6.07) is 3.78. The largest absolute Gasteiger partial charge is 0.270 e. The van der Waals surface area contributed by atoms with E-state index in [9.17, 15) is 0 Å². The molecule has 2 heterocycles. The summed E-state index contributed by atoms with van der Waals surface area (Å²) < 4.78 is 2.00. The molecule has 84 valence electrons. The van der Waals surface area contributed by atoms with Gasteiger partial charge in [-0.2, -0.15) is 5.10 Å². The predicted octanol–water partition coefficient (Wildman–Crippen LogP) is 3.13. The minimum Gasteiger partial charge on any atom is -0.270 e. The highest BCUT2D eigenvalue weighted by molar-refractivity contribution is 6.29. The maximum atomic E-state index is 5.83. The van der Waals surface area contributed by atoms with Gasteiger partial charge in [-0.1, -0.05) is 18.5 Å². The topological polar surface area (TPSA) is 30.7 Å². The first-order valence-corrected chi connectivity index (χ1v) is 6.08. The summed E-state index contributed by atoms with van der Waals surface area (Å²) in [6.45, 7) is 3.32. The Kier molecular flexibility index (Phi) is 2.36. The lowest BCUT2D eigenvalue weighted by molar-refractivity contribution is 0.182. The summed E-state index contributed by atoms with van der Waals surface area (Å²) in [7, 11) is 0. The number of pyridine rings is 1. The van der Waals surface area contributed by atoms with Crippen molar-refractivity contribution in [3.05, 3.63) is 23.5 Å². The maximum Gasteiger partial charge on any atom is 0.182 e. The summed E-state index contributed by atoms with van der Waals surface area (Å²) in [5.74, 6) is 1.68. The van der Waals surface area contributed by atoms with E-state index in [4.69, 9.17) is 11.6 Å². The summed E-state index contributed by atoms with van der Waals surface area (Å²) in [4.78, 5) is 4.20. The summed E-state index contributed by atoms with van der Waals surface area (Å²) in [5, 5.41) is 6.02. The van der Waals surface area contributed by atoms with Gasteiger partial charge in [0.15, 0.2) is 5.65 Å². The number of aromatic nitrogens is 3. The molecular formula is C12H14ClN3. The van der Waals surface area contributed by atoms with Gasteiger partial charge < -0.3 is 0 Å². The molecule has 0 atom stereocenters. The Labute approximate surface area is 99.4 Å². The number of nitrogens with zero attached hydrogens (tertiary/aromatic N) is 3. The molecule has 1 fully saturated rings. The maximum absolute atomic E-state index is 5.83. The molecule has 0 aromatic carbocycles. The molecule has 2 aromatic heterocycles. The zero-order chi connectivity index (χ0) is 11.1. The van der Waals surface area contributed by atoms with Crippen molar-refractivity contribution in [2.24, 2.45) is 11.8 Å². The van der Waals surface area contributed by atoms with Crippen LogP contribution in [0.1, 0.15) is 19.8 Å². The molecule has 0 N–H and O–H groups in total. The van der Waals surface area contributed by atoms with Crippen molar-refractivity contribution in [3.63, 3.8) is 0 Å². The Morgan fingerprint density at radius 1 is 1.44 bits per heavy atom. The van der Waals surface area contributed by atoms with Crippen LogP contribution in [0.2, 0.25) is 5.15 Å². The zero-order valence-electron chi connectivity index (χ0n) is 9.23. The molecule has 1 saturated carbocycles. The molecule has 0 saturated heterocycles. The van der Waals surface area contributed by atoms with E-state index in [0.29, 0.717) is 5.15 Å². The van der Waals surface area contributed by atoms with Gasteiger partial charge in [0.05, 0.1) is 0 Å². The highest BCUT2D eigenvalue weighted by Crippen LogP contribution is 2.34. The van der Waals surface area contributed by atoms with Crippen molar-refractivity contribution in [2.45, 2.75) is 26.3 Å². The molecule has 4 heteroatoms. The molecular weight excluding hydrogens is 222 g/mol. The Hall–Kier alpha value is -1.09. The minimum atomic E-state index is 0.509. The zero-order valence-corrected chi connectivity index (χ0v) is 9.98. The number of fused-ring (bicyclic) bond motifs is 1. The van der Waals surface area contributed by atoms with E-state index in [-0.39, 0.29) is 0 Å². The summed E-state index contributed by atoms with van der Waals surface area (Å²) in [5.41, 5.74) is 0.750. The van der Waals surface area contributed by atoms with Gasteiger partial charge >= 0.3 is 0 Å². The molecule has 0 amide bonds. The van der Waals surface area contributed by atoms with E-state index in [1.807, 2.05) is 10.7 Å². The Morgan fingerprint density at radius 2 is 2.25 bits per heavy atom. The van der Waals surface area contributed by atoms with Gasteiger partial charge in [0, 0.05) is 18.1 Å². The second kappa shape index (κ2) is 3.74. The average molecular weight is 236 g/mol. The highest BCUT2D eigenvalue weighted by Gasteiger charge is 2.25. The smallest absolute Gasteiger partial charge is 0.182 e. The summed E-state index contributed by atoms with van der Waals surface area (Å²) in [6.07, 6.45) is 4.70. The third-order valence-electron chi connectivity index (χ3n) is 3.30. The second-order valence-electron chi connectivity index (χ2n) is 4.84. The van der Waals surface area contributed by atoms with E-state index in [2.05, 4.69) is 23.2 Å². The molecule has 3 nitrogen and oxygen atoms in total. The molecule has 0 aliphatic heterocycles. The molecule has 0 radical (unpaired) electrons. The van der Waals surface area contributed by atoms with E-state index in [1.54, 1.807) is 6.07 Å². The fourth-order valence-corrected chi connectivity index (χ4v) is 2.65. The van der Waals surface area contributed by atoms with Crippen molar-refractivity contribution in [1.82, 2.24) is 14.8 Å². The third-order valence-corrected chi connectivity index (χ3v) is 3.51. The molecule has 3 rings (SSSR count). The molecule has 2 aromatic rings. The Morgan fingerprint density at radius 3 is 3.00 bits per heavy atom. The normalized spacial score (nSPS) is 24.6. The minimum absolute atomic E-state index is 0.509. The van der Waals surface area contributed by atoms with Crippen LogP contribution < -0.4 is 0 Å². The van der Waals surface area contributed by atoms with Crippen molar-refractivity contribution in [3.8, 4) is 0 Å². The number of halogens is 1. The van der Waals surface area contributed by atoms with Crippen LogP contribution in [0.3, 0.4) is 0 Å². The quantitative estimate of drug-likeness (QED) is 0.749. The monoisotopic (exact) mass is 235 g/mol. The van der Waals surface area contributed by atoms with Crippen LogP contribution in [0.25, 0.3) is 11.0 Å². The Balaban J connectivity index is 1.82. The van der Waals surface area contributed by atoms with Crippen molar-refractivity contribution < 1.29 is 0 Å². The van der Waals surface area contributed by atoms with Crippen LogP contribution in [0.15, 0.2) is 18.3 Å². The molecule has 0 unspecified atom stereocenters. The molecule has 16 heavy (non-hydrogen) atoms. The number of rotatable bonds is 2. The standard InChI is InChI=1S/C12H14ClN3/c1-8-4-9(5-8)6-16-7-10-2-3-11(13)14-12(10)15-16/h2-3,7-9H,4-6H2,1H3. The van der Waals surface area contributed by atoms with Gasteiger partial charge in [-0.15, -0.1) is 0 Å². The van der Waals surface area contributed by atoms with Gasteiger partial charge in [-0.05, 0) is 36.8 Å². The van der Waals surface area contributed by atoms with Gasteiger partial charge in [-0.3, -0.25) is 4.68 Å². The van der Waals surface area contributed by atoms with Gasteiger partial charge in [0.25, 0.3) is 0 Å². The van der Waals surface area contributed by atoms with Crippen molar-refractivity contribution >= 4 is 22.6 Å². The fraction of sp³-hybridized carbons (Fsp3) is 0.500. The van der Waals surface area contributed by atoms with Crippen LogP contribution >= 0.6 is 11.6 Å². The van der Waals surface area contributed by atoms with Crippen LogP contribution in [0, 0.1) is 11.8 Å². The number of hydrogen-bond acceptors (Lipinski definition) is 2. The fourth-order valence-electron chi connectivity index (χ4n) is 2.50. The number of hydrogen-bond donors (Lipinski definition) is 0. The highest BCUT2D eigenvalue weighted by atomic mass is 35.5. The van der Waals surface area contributed by atoms with Gasteiger partial charge in [-0.25, -0.2) is 4.98 Å². The van der Waals surface area contributed by atoms with Crippen LogP contribution in [-0.2, 0) is 6.54 Å². The molecule has 1 aliphatic rings. The van der Waals surface area contributed by atoms with E-state index < -0.39 is 0 Å². The van der Waals surface area contributed by atoms with Gasteiger partial charge in [0.1, 0.15) is 5.15 Å². The second-order valence-corrected chi connectivity index (χ2v) is 5.23. The first-order chi connectivity index (χ1) is 7.70. The molecule has 0 bridgehead atoms. The molecule has 1 aliphatic carbocycles. The molecule has 0 spiro atoms. The van der Waals surface area contributed by atoms with Crippen LogP contribution in [-0.4, -0.2) is 14.8 Å². The van der Waals surface area contributed by atoms with E-state index in [1.165, 1.54) is 12.8 Å². The van der Waals surface area contributed by atoms with Crippen LogP contribution in [0.5, 0.6) is 0 Å². The lowest BCUT2D eigenvalue weighted by Gasteiger charge is -2.32. The van der Waals surface area contributed by atoms with Crippen LogP contribution in [0.4, 0.5) is 0 Å². The lowest BCUT2D eigenvalue weighted by atomic mass is 9.76. The van der Waals surface area contributed by atoms with Crippen molar-refractivity contribution in [1.29, 1.82) is 0 Å². The Bertz CT molecular complexity index is 514. The van der Waals surface area contributed by atoms with Gasteiger partial charge in [0.2, 0.25) is 0 Å². The van der Waals surface area contributed by atoms with E-state index >= 15 is 0 Å².